The van der Waals surface area contributed by atoms with Crippen LogP contribution in [-0.4, -0.2) is 24.7 Å². The Morgan fingerprint density at radius 3 is 2.61 bits per heavy atom. The fraction of sp³-hybridized carbons (Fsp3) is 0.278. The van der Waals surface area contributed by atoms with Gasteiger partial charge in [0.15, 0.2) is 0 Å². The summed E-state index contributed by atoms with van der Waals surface area (Å²) >= 11 is 0. The van der Waals surface area contributed by atoms with Crippen molar-refractivity contribution in [1.29, 1.82) is 0 Å². The van der Waals surface area contributed by atoms with E-state index in [2.05, 4.69) is 5.32 Å². The van der Waals surface area contributed by atoms with Crippen LogP contribution in [0.2, 0.25) is 0 Å². The summed E-state index contributed by atoms with van der Waals surface area (Å²) in [6.45, 7) is 1.04. The van der Waals surface area contributed by atoms with Crippen LogP contribution in [0.3, 0.4) is 0 Å². The van der Waals surface area contributed by atoms with E-state index in [1.165, 1.54) is 0 Å². The second-order valence-corrected chi connectivity index (χ2v) is 6.03. The average molecular weight is 310 g/mol. The molecule has 0 radical (unpaired) electrons. The van der Waals surface area contributed by atoms with Crippen molar-refractivity contribution >= 4 is 33.5 Å². The van der Waals surface area contributed by atoms with Gasteiger partial charge in [0.2, 0.25) is 5.91 Å². The molecular formula is C18H18N2O3. The van der Waals surface area contributed by atoms with E-state index in [9.17, 15) is 4.79 Å². The lowest BCUT2D eigenvalue weighted by atomic mass is 9.90. The molecule has 1 aliphatic rings. The minimum absolute atomic E-state index is 0.170. The third-order valence-electron chi connectivity index (χ3n) is 4.47. The molecule has 1 aromatic heterocycles. The average Bonchev–Trinajstić information content (AvgIpc) is 2.93. The van der Waals surface area contributed by atoms with Gasteiger partial charge in [-0.3, -0.25) is 4.79 Å². The molecule has 0 spiro atoms. The molecule has 118 valence electrons. The number of fused-ring (bicyclic) bond motifs is 3. The zero-order chi connectivity index (χ0) is 15.9. The molecule has 0 unspecified atom stereocenters. The lowest BCUT2D eigenvalue weighted by Crippen LogP contribution is -2.54. The van der Waals surface area contributed by atoms with Crippen molar-refractivity contribution in [2.45, 2.75) is 18.4 Å². The van der Waals surface area contributed by atoms with Crippen LogP contribution in [0.4, 0.5) is 5.69 Å². The fourth-order valence-corrected chi connectivity index (χ4v) is 3.02. The number of nitrogens with two attached hydrogens (primary N) is 1. The monoisotopic (exact) mass is 310 g/mol. The molecule has 0 saturated carbocycles. The number of amides is 1. The van der Waals surface area contributed by atoms with Gasteiger partial charge in [-0.25, -0.2) is 0 Å². The summed E-state index contributed by atoms with van der Waals surface area (Å²) in [5.74, 6) is -0.170. The van der Waals surface area contributed by atoms with Gasteiger partial charge in [-0.2, -0.15) is 0 Å². The van der Waals surface area contributed by atoms with Crippen molar-refractivity contribution in [3.8, 4) is 0 Å². The first-order valence-electron chi connectivity index (χ1n) is 7.75. The van der Waals surface area contributed by atoms with E-state index in [4.69, 9.17) is 14.9 Å². The van der Waals surface area contributed by atoms with Crippen LogP contribution in [0.25, 0.3) is 21.9 Å². The number of carbonyl (C=O) groups excluding carboxylic acids is 1. The lowest BCUT2D eigenvalue weighted by molar-refractivity contribution is -0.124. The maximum Gasteiger partial charge on any atom is 0.244 e. The molecule has 1 aliphatic heterocycles. The molecule has 4 rings (SSSR count). The molecule has 23 heavy (non-hydrogen) atoms. The van der Waals surface area contributed by atoms with Crippen LogP contribution in [0.5, 0.6) is 0 Å². The Labute approximate surface area is 133 Å². The predicted octanol–water partition coefficient (Wildman–Crippen LogP) is 3.03. The standard InChI is InChI=1S/C18H18N2O3/c19-18(7-9-22-10-8-18)17(21)20-12-5-6-14-13-3-1-2-4-15(13)23-16(14)11-12/h1-6,11H,7-10,19H2,(H,20,21). The summed E-state index contributed by atoms with van der Waals surface area (Å²) < 4.78 is 11.1. The van der Waals surface area contributed by atoms with Crippen molar-refractivity contribution in [3.63, 3.8) is 0 Å². The molecule has 5 heteroatoms. The highest BCUT2D eigenvalue weighted by atomic mass is 16.5. The second-order valence-electron chi connectivity index (χ2n) is 6.03. The number of hydrogen-bond donors (Lipinski definition) is 2. The first-order chi connectivity index (χ1) is 11.2. The van der Waals surface area contributed by atoms with Crippen molar-refractivity contribution < 1.29 is 13.9 Å². The molecule has 5 nitrogen and oxygen atoms in total. The SMILES string of the molecule is NC1(C(=O)Nc2ccc3c(c2)oc2ccccc23)CCOCC1. The maximum absolute atomic E-state index is 12.5. The molecule has 3 N–H and O–H groups in total. The van der Waals surface area contributed by atoms with Crippen LogP contribution < -0.4 is 11.1 Å². The van der Waals surface area contributed by atoms with E-state index in [1.807, 2.05) is 42.5 Å². The van der Waals surface area contributed by atoms with Gasteiger partial charge in [0.05, 0.1) is 0 Å². The number of ether oxygens (including phenoxy) is 1. The Hall–Kier alpha value is -2.37. The first kappa shape index (κ1) is 14.2. The Morgan fingerprint density at radius 2 is 1.78 bits per heavy atom. The Bertz CT molecular complexity index is 878. The van der Waals surface area contributed by atoms with Gasteiger partial charge >= 0.3 is 0 Å². The molecule has 2 aromatic carbocycles. The van der Waals surface area contributed by atoms with Gasteiger partial charge < -0.3 is 20.2 Å². The summed E-state index contributed by atoms with van der Waals surface area (Å²) in [6.07, 6.45) is 1.07. The summed E-state index contributed by atoms with van der Waals surface area (Å²) in [7, 11) is 0. The summed E-state index contributed by atoms with van der Waals surface area (Å²) in [6, 6.07) is 13.6. The number of furan rings is 1. The Balaban J connectivity index is 1.64. The van der Waals surface area contributed by atoms with E-state index in [1.54, 1.807) is 0 Å². The van der Waals surface area contributed by atoms with Gasteiger partial charge in [-0.05, 0) is 31.0 Å². The number of anilines is 1. The largest absolute Gasteiger partial charge is 0.456 e. The quantitative estimate of drug-likeness (QED) is 0.762. The van der Waals surface area contributed by atoms with Crippen molar-refractivity contribution in [2.75, 3.05) is 18.5 Å². The minimum atomic E-state index is -0.860. The van der Waals surface area contributed by atoms with Gasteiger partial charge in [0.25, 0.3) is 0 Å². The van der Waals surface area contributed by atoms with E-state index in [-0.39, 0.29) is 5.91 Å². The van der Waals surface area contributed by atoms with Gasteiger partial charge in [0.1, 0.15) is 16.7 Å². The molecule has 0 aliphatic carbocycles. The minimum Gasteiger partial charge on any atom is -0.456 e. The predicted molar refractivity (Wildman–Crippen MR) is 89.3 cm³/mol. The highest BCUT2D eigenvalue weighted by Crippen LogP contribution is 2.30. The van der Waals surface area contributed by atoms with Crippen LogP contribution in [0.15, 0.2) is 46.9 Å². The molecule has 0 atom stereocenters. The molecule has 1 fully saturated rings. The van der Waals surface area contributed by atoms with Crippen molar-refractivity contribution in [1.82, 2.24) is 0 Å². The Morgan fingerprint density at radius 1 is 1.04 bits per heavy atom. The normalized spacial score (nSPS) is 17.4. The van der Waals surface area contributed by atoms with Gasteiger partial charge in [0, 0.05) is 35.7 Å². The Kier molecular flexibility index (Phi) is 3.32. The topological polar surface area (TPSA) is 77.5 Å². The van der Waals surface area contributed by atoms with Crippen LogP contribution in [0, 0.1) is 0 Å². The highest BCUT2D eigenvalue weighted by Gasteiger charge is 2.35. The third-order valence-corrected chi connectivity index (χ3v) is 4.47. The van der Waals surface area contributed by atoms with Crippen LogP contribution in [0.1, 0.15) is 12.8 Å². The van der Waals surface area contributed by atoms with Crippen molar-refractivity contribution in [2.24, 2.45) is 5.73 Å². The molecule has 0 bridgehead atoms. The van der Waals surface area contributed by atoms with Crippen LogP contribution >= 0.6 is 0 Å². The zero-order valence-electron chi connectivity index (χ0n) is 12.7. The molecule has 3 aromatic rings. The number of hydrogen-bond acceptors (Lipinski definition) is 4. The number of para-hydroxylation sites is 1. The van der Waals surface area contributed by atoms with Crippen molar-refractivity contribution in [3.05, 3.63) is 42.5 Å². The van der Waals surface area contributed by atoms with E-state index < -0.39 is 5.54 Å². The van der Waals surface area contributed by atoms with E-state index in [0.717, 1.165) is 21.9 Å². The second kappa shape index (κ2) is 5.37. The van der Waals surface area contributed by atoms with Gasteiger partial charge in [-0.15, -0.1) is 0 Å². The van der Waals surface area contributed by atoms with E-state index in [0.29, 0.717) is 31.7 Å². The summed E-state index contributed by atoms with van der Waals surface area (Å²) in [4.78, 5) is 12.5. The molecule has 1 saturated heterocycles. The summed E-state index contributed by atoms with van der Waals surface area (Å²) in [5, 5.41) is 5.01. The summed E-state index contributed by atoms with van der Waals surface area (Å²) in [5.41, 5.74) is 7.63. The maximum atomic E-state index is 12.5. The number of benzene rings is 2. The first-order valence-corrected chi connectivity index (χ1v) is 7.75. The highest BCUT2D eigenvalue weighted by molar-refractivity contribution is 6.07. The van der Waals surface area contributed by atoms with Gasteiger partial charge in [-0.1, -0.05) is 18.2 Å². The molecule has 1 amide bonds. The number of carbonyl (C=O) groups is 1. The lowest BCUT2D eigenvalue weighted by Gasteiger charge is -2.31. The third kappa shape index (κ3) is 2.48. The fourth-order valence-electron chi connectivity index (χ4n) is 3.02. The smallest absolute Gasteiger partial charge is 0.244 e. The number of rotatable bonds is 2. The zero-order valence-corrected chi connectivity index (χ0v) is 12.7. The van der Waals surface area contributed by atoms with Crippen LogP contribution in [-0.2, 0) is 9.53 Å². The number of nitrogens with one attached hydrogen (secondary N) is 1. The molecular weight excluding hydrogens is 292 g/mol. The van der Waals surface area contributed by atoms with E-state index >= 15 is 0 Å². The molecule has 2 heterocycles.